The Morgan fingerprint density at radius 1 is 1.18 bits per heavy atom. The standard InChI is InChI=1S/C12H19O4P/c1-8-6-9(2)11(16-17(13,14)15)10(7-8)12(3,4)5/h6-7H,1-5H3,(H2,13,14,15). The molecule has 1 aromatic carbocycles. The lowest BCUT2D eigenvalue weighted by atomic mass is 9.84. The highest BCUT2D eigenvalue weighted by molar-refractivity contribution is 7.46. The zero-order chi connectivity index (χ0) is 13.4. The quantitative estimate of drug-likeness (QED) is 0.800. The second-order valence-electron chi connectivity index (χ2n) is 5.29. The smallest absolute Gasteiger partial charge is 0.404 e. The van der Waals surface area contributed by atoms with Gasteiger partial charge in [0.1, 0.15) is 5.75 Å². The highest BCUT2D eigenvalue weighted by Gasteiger charge is 2.26. The van der Waals surface area contributed by atoms with Gasteiger partial charge in [0, 0.05) is 5.56 Å². The average Bonchev–Trinajstić information content (AvgIpc) is 2.05. The summed E-state index contributed by atoms with van der Waals surface area (Å²) in [6, 6.07) is 3.75. The Morgan fingerprint density at radius 3 is 2.12 bits per heavy atom. The van der Waals surface area contributed by atoms with Crippen LogP contribution < -0.4 is 4.52 Å². The number of phosphoric ester groups is 1. The molecule has 0 heterocycles. The first kappa shape index (κ1) is 14.2. The third kappa shape index (κ3) is 3.84. The van der Waals surface area contributed by atoms with Crippen LogP contribution in [0.3, 0.4) is 0 Å². The predicted molar refractivity (Wildman–Crippen MR) is 67.3 cm³/mol. The van der Waals surface area contributed by atoms with E-state index in [-0.39, 0.29) is 11.2 Å². The minimum Gasteiger partial charge on any atom is -0.404 e. The molecule has 0 aliphatic heterocycles. The van der Waals surface area contributed by atoms with Gasteiger partial charge in [-0.3, -0.25) is 9.79 Å². The lowest BCUT2D eigenvalue weighted by Crippen LogP contribution is -2.14. The minimum atomic E-state index is -4.53. The van der Waals surface area contributed by atoms with Crippen molar-refractivity contribution in [1.82, 2.24) is 0 Å². The van der Waals surface area contributed by atoms with Crippen molar-refractivity contribution in [3.63, 3.8) is 0 Å². The topological polar surface area (TPSA) is 66.8 Å². The van der Waals surface area contributed by atoms with Gasteiger partial charge in [-0.15, -0.1) is 0 Å². The Bertz CT molecular complexity index is 468. The van der Waals surface area contributed by atoms with Crippen molar-refractivity contribution < 1.29 is 18.9 Å². The van der Waals surface area contributed by atoms with Gasteiger partial charge in [0.15, 0.2) is 0 Å². The van der Waals surface area contributed by atoms with Crippen molar-refractivity contribution in [3.05, 3.63) is 28.8 Å². The summed E-state index contributed by atoms with van der Waals surface area (Å²) in [7, 11) is -4.53. The van der Waals surface area contributed by atoms with Crippen LogP contribution in [0.5, 0.6) is 5.75 Å². The fourth-order valence-corrected chi connectivity index (χ4v) is 2.23. The Morgan fingerprint density at radius 2 is 1.71 bits per heavy atom. The van der Waals surface area contributed by atoms with Crippen LogP contribution in [0.2, 0.25) is 0 Å². The largest absolute Gasteiger partial charge is 0.524 e. The first-order chi connectivity index (χ1) is 7.50. The van der Waals surface area contributed by atoms with Crippen molar-refractivity contribution in [2.75, 3.05) is 0 Å². The summed E-state index contributed by atoms with van der Waals surface area (Å²) in [6.45, 7) is 9.67. The van der Waals surface area contributed by atoms with Gasteiger partial charge in [0.05, 0.1) is 0 Å². The van der Waals surface area contributed by atoms with Gasteiger partial charge in [-0.25, -0.2) is 4.57 Å². The maximum Gasteiger partial charge on any atom is 0.524 e. The van der Waals surface area contributed by atoms with Crippen LogP contribution in [0.25, 0.3) is 0 Å². The molecule has 0 saturated heterocycles. The summed E-state index contributed by atoms with van der Waals surface area (Å²) in [5.41, 5.74) is 2.35. The number of hydrogen-bond donors (Lipinski definition) is 2. The lowest BCUT2D eigenvalue weighted by molar-refractivity contribution is 0.280. The second kappa shape index (κ2) is 4.45. The molecular weight excluding hydrogens is 239 g/mol. The Hall–Kier alpha value is -0.830. The molecule has 5 heteroatoms. The van der Waals surface area contributed by atoms with Crippen molar-refractivity contribution >= 4 is 7.82 Å². The molecule has 17 heavy (non-hydrogen) atoms. The number of benzene rings is 1. The van der Waals surface area contributed by atoms with E-state index in [9.17, 15) is 4.57 Å². The highest BCUT2D eigenvalue weighted by Crippen LogP contribution is 2.44. The minimum absolute atomic E-state index is 0.235. The summed E-state index contributed by atoms with van der Waals surface area (Å²) < 4.78 is 15.8. The molecule has 1 rings (SSSR count). The molecule has 0 atom stereocenters. The molecule has 0 fully saturated rings. The first-order valence-corrected chi connectivity index (χ1v) is 6.90. The van der Waals surface area contributed by atoms with Crippen LogP contribution in [0.4, 0.5) is 0 Å². The molecule has 0 bridgehead atoms. The number of hydrogen-bond acceptors (Lipinski definition) is 2. The monoisotopic (exact) mass is 258 g/mol. The Kier molecular flexibility index (Phi) is 3.72. The van der Waals surface area contributed by atoms with Crippen LogP contribution in [0, 0.1) is 13.8 Å². The molecular formula is C12H19O4P. The molecule has 0 aliphatic rings. The van der Waals surface area contributed by atoms with E-state index in [2.05, 4.69) is 0 Å². The molecule has 0 radical (unpaired) electrons. The van der Waals surface area contributed by atoms with Crippen molar-refractivity contribution in [2.45, 2.75) is 40.0 Å². The number of phosphoric acid groups is 1. The number of rotatable bonds is 2. The zero-order valence-corrected chi connectivity index (χ0v) is 11.7. The molecule has 0 unspecified atom stereocenters. The van der Waals surface area contributed by atoms with E-state index in [4.69, 9.17) is 14.3 Å². The van der Waals surface area contributed by atoms with Crippen LogP contribution >= 0.6 is 7.82 Å². The number of aryl methyl sites for hydroxylation is 2. The van der Waals surface area contributed by atoms with E-state index < -0.39 is 7.82 Å². The fourth-order valence-electron chi connectivity index (χ4n) is 1.75. The summed E-state index contributed by atoms with van der Waals surface area (Å²) in [6.07, 6.45) is 0. The molecule has 0 amide bonds. The predicted octanol–water partition coefficient (Wildman–Crippen LogP) is 3.07. The fraction of sp³-hybridized carbons (Fsp3) is 0.500. The van der Waals surface area contributed by atoms with Gasteiger partial charge < -0.3 is 4.52 Å². The van der Waals surface area contributed by atoms with Crippen LogP contribution in [0.1, 0.15) is 37.5 Å². The SMILES string of the molecule is Cc1cc(C)c(OP(=O)(O)O)c(C(C)(C)C)c1. The third-order valence-corrected chi connectivity index (χ3v) is 2.86. The summed E-state index contributed by atoms with van der Waals surface area (Å²) in [4.78, 5) is 17.9. The molecule has 1 aromatic rings. The Labute approximate surface area is 102 Å². The van der Waals surface area contributed by atoms with E-state index in [1.165, 1.54) is 0 Å². The van der Waals surface area contributed by atoms with E-state index >= 15 is 0 Å². The molecule has 96 valence electrons. The summed E-state index contributed by atoms with van der Waals surface area (Å²) in [5, 5.41) is 0. The van der Waals surface area contributed by atoms with Gasteiger partial charge in [-0.05, 0) is 24.8 Å². The van der Waals surface area contributed by atoms with E-state index in [1.807, 2.05) is 39.8 Å². The average molecular weight is 258 g/mol. The van der Waals surface area contributed by atoms with Crippen molar-refractivity contribution in [3.8, 4) is 5.75 Å². The van der Waals surface area contributed by atoms with Crippen LogP contribution in [0.15, 0.2) is 12.1 Å². The molecule has 0 aromatic heterocycles. The molecule has 2 N–H and O–H groups in total. The zero-order valence-electron chi connectivity index (χ0n) is 10.8. The van der Waals surface area contributed by atoms with Gasteiger partial charge in [-0.2, -0.15) is 0 Å². The van der Waals surface area contributed by atoms with Crippen molar-refractivity contribution in [1.29, 1.82) is 0 Å². The molecule has 0 spiro atoms. The second-order valence-corrected chi connectivity index (χ2v) is 6.45. The normalized spacial score (nSPS) is 12.6. The lowest BCUT2D eigenvalue weighted by Gasteiger charge is -2.24. The van der Waals surface area contributed by atoms with Gasteiger partial charge in [0.25, 0.3) is 0 Å². The summed E-state index contributed by atoms with van der Waals surface area (Å²) >= 11 is 0. The molecule has 0 aliphatic carbocycles. The van der Waals surface area contributed by atoms with Crippen LogP contribution in [-0.4, -0.2) is 9.79 Å². The molecule has 4 nitrogen and oxygen atoms in total. The van der Waals surface area contributed by atoms with Gasteiger partial charge >= 0.3 is 7.82 Å². The molecule has 0 saturated carbocycles. The van der Waals surface area contributed by atoms with Gasteiger partial charge in [0.2, 0.25) is 0 Å². The van der Waals surface area contributed by atoms with E-state index in [1.54, 1.807) is 6.92 Å². The van der Waals surface area contributed by atoms with Crippen molar-refractivity contribution in [2.24, 2.45) is 0 Å². The maximum atomic E-state index is 11.0. The maximum absolute atomic E-state index is 11.0. The third-order valence-electron chi connectivity index (χ3n) is 2.44. The van der Waals surface area contributed by atoms with E-state index in [0.717, 1.165) is 16.7 Å². The van der Waals surface area contributed by atoms with Crippen LogP contribution in [-0.2, 0) is 9.98 Å². The van der Waals surface area contributed by atoms with Gasteiger partial charge in [-0.1, -0.05) is 38.5 Å². The summed E-state index contributed by atoms with van der Waals surface area (Å²) in [5.74, 6) is 0.288. The van der Waals surface area contributed by atoms with E-state index in [0.29, 0.717) is 0 Å². The Balaban J connectivity index is 3.41. The highest BCUT2D eigenvalue weighted by atomic mass is 31.2. The first-order valence-electron chi connectivity index (χ1n) is 5.37.